The number of hydrogen-bond donors (Lipinski definition) is 0. The standard InChI is InChI=1S/C10H8.C9H12.C7H8.4C6H14.C5H12/c1-2-6-10-8-4-3-7-9(10)5-1;1-8(2)9-6-4-3-5-7-9;1-7-5-3-2-4-6-7;1-5(2)6(3)4;1-4-5-6(2)3;1-4-6(3)5-2;1-3-5-6-4-2;1-3-5-4-2/h1-8H;3-8H,1-2H3;2-6H,1H3;5-6H,1-4H3;2*6H,4-5H2,1-3H3;3-6H2,1-2H3;3-5H2,1-2H3. The van der Waals surface area contributed by atoms with E-state index in [0.29, 0.717) is 5.92 Å². The molecule has 0 spiro atoms. The number of rotatable bonds is 11. The first-order valence-electron chi connectivity index (χ1n) is 22.7. The summed E-state index contributed by atoms with van der Waals surface area (Å²) in [6.07, 6.45) is 15.0. The Morgan fingerprint density at radius 2 is 0.709 bits per heavy atom. The molecule has 0 heteroatoms. The average molecular weight is 757 g/mol. The summed E-state index contributed by atoms with van der Waals surface area (Å²) in [5.41, 5.74) is 2.74. The van der Waals surface area contributed by atoms with Gasteiger partial charge in [0.2, 0.25) is 0 Å². The van der Waals surface area contributed by atoms with E-state index in [-0.39, 0.29) is 0 Å². The third-order valence-corrected chi connectivity index (χ3v) is 9.32. The second-order valence-corrected chi connectivity index (χ2v) is 16.2. The summed E-state index contributed by atoms with van der Waals surface area (Å²) < 4.78 is 0. The van der Waals surface area contributed by atoms with E-state index in [9.17, 15) is 0 Å². The smallest absolute Gasteiger partial charge is 0.0184 e. The van der Waals surface area contributed by atoms with Gasteiger partial charge >= 0.3 is 0 Å². The molecule has 0 N–H and O–H groups in total. The van der Waals surface area contributed by atoms with Gasteiger partial charge in [-0.25, -0.2) is 0 Å². The molecule has 0 bridgehead atoms. The van der Waals surface area contributed by atoms with Crippen LogP contribution in [0.3, 0.4) is 0 Å². The van der Waals surface area contributed by atoms with Crippen LogP contribution in [0.25, 0.3) is 10.8 Å². The van der Waals surface area contributed by atoms with Crippen LogP contribution < -0.4 is 0 Å². The lowest BCUT2D eigenvalue weighted by Gasteiger charge is -2.05. The molecule has 0 saturated carbocycles. The van der Waals surface area contributed by atoms with Crippen LogP contribution in [0.2, 0.25) is 0 Å². The number of unbranched alkanes of at least 4 members (excludes halogenated alkanes) is 5. The van der Waals surface area contributed by atoms with Crippen molar-refractivity contribution in [3.63, 3.8) is 0 Å². The number of aryl methyl sites for hydroxylation is 1. The Morgan fingerprint density at radius 1 is 0.382 bits per heavy atom. The summed E-state index contributed by atoms with van der Waals surface area (Å²) in [5, 5.41) is 2.62. The lowest BCUT2D eigenvalue weighted by molar-refractivity contribution is 0.457. The summed E-state index contributed by atoms with van der Waals surface area (Å²) in [6, 6.07) is 37.5. The SMILES string of the molecule is CC(C)C(C)C.CC(C)c1ccccc1.CCC(C)CC.CCCC(C)C.CCCCC.CCCCCC.Cc1ccccc1.c1ccc2ccccc2c1. The van der Waals surface area contributed by atoms with Crippen molar-refractivity contribution in [2.24, 2.45) is 23.7 Å². The minimum absolute atomic E-state index is 0.659. The first-order chi connectivity index (χ1) is 26.2. The third kappa shape index (κ3) is 47.2. The monoisotopic (exact) mass is 757 g/mol. The van der Waals surface area contributed by atoms with E-state index < -0.39 is 0 Å². The van der Waals surface area contributed by atoms with Gasteiger partial charge in [0.05, 0.1) is 0 Å². The van der Waals surface area contributed by atoms with Crippen molar-refractivity contribution in [1.82, 2.24) is 0 Å². The van der Waals surface area contributed by atoms with Crippen molar-refractivity contribution < 1.29 is 0 Å². The zero-order valence-electron chi connectivity index (χ0n) is 40.1. The molecule has 0 aliphatic rings. The summed E-state index contributed by atoms with van der Waals surface area (Å²) >= 11 is 0. The molecular formula is C55H96. The van der Waals surface area contributed by atoms with E-state index in [2.05, 4.69) is 203 Å². The van der Waals surface area contributed by atoms with Crippen molar-refractivity contribution in [3.8, 4) is 0 Å². The molecule has 316 valence electrons. The molecule has 4 aromatic carbocycles. The Labute approximate surface area is 347 Å². The molecule has 55 heavy (non-hydrogen) atoms. The molecule has 0 heterocycles. The molecule has 0 fully saturated rings. The van der Waals surface area contributed by atoms with Crippen LogP contribution in [0.4, 0.5) is 0 Å². The summed E-state index contributed by atoms with van der Waals surface area (Å²) in [7, 11) is 0. The van der Waals surface area contributed by atoms with E-state index in [0.717, 1.165) is 23.7 Å². The number of hydrogen-bond acceptors (Lipinski definition) is 0. The quantitative estimate of drug-likeness (QED) is 0.134. The van der Waals surface area contributed by atoms with Crippen LogP contribution in [-0.2, 0) is 0 Å². The minimum Gasteiger partial charge on any atom is -0.0654 e. The molecule has 4 aromatic rings. The van der Waals surface area contributed by atoms with Crippen molar-refractivity contribution in [2.45, 2.75) is 194 Å². The van der Waals surface area contributed by atoms with Gasteiger partial charge in [-0.3, -0.25) is 0 Å². The highest BCUT2D eigenvalue weighted by Crippen LogP contribution is 2.12. The second-order valence-electron chi connectivity index (χ2n) is 16.2. The Bertz CT molecular complexity index is 1140. The number of fused-ring (bicyclic) bond motifs is 1. The Morgan fingerprint density at radius 3 is 0.855 bits per heavy atom. The highest BCUT2D eigenvalue weighted by molar-refractivity contribution is 5.82. The molecule has 0 unspecified atom stereocenters. The molecule has 0 atom stereocenters. The molecule has 0 amide bonds. The van der Waals surface area contributed by atoms with Gasteiger partial charge in [0.1, 0.15) is 0 Å². The highest BCUT2D eigenvalue weighted by atomic mass is 14.0. The fourth-order valence-electron chi connectivity index (χ4n) is 4.22. The normalized spacial score (nSPS) is 9.71. The third-order valence-electron chi connectivity index (χ3n) is 9.32. The lowest BCUT2D eigenvalue weighted by Crippen LogP contribution is -1.95. The Hall–Kier alpha value is -2.86. The van der Waals surface area contributed by atoms with E-state index in [1.54, 1.807) is 0 Å². The van der Waals surface area contributed by atoms with Gasteiger partial charge in [0, 0.05) is 0 Å². The zero-order valence-corrected chi connectivity index (χ0v) is 40.1. The molecule has 0 nitrogen and oxygen atoms in total. The van der Waals surface area contributed by atoms with E-state index in [4.69, 9.17) is 0 Å². The lowest BCUT2D eigenvalue weighted by atomic mass is 10.0. The Kier molecular flexibility index (Phi) is 48.7. The van der Waals surface area contributed by atoms with E-state index in [1.165, 1.54) is 92.5 Å². The fourth-order valence-corrected chi connectivity index (χ4v) is 4.22. The van der Waals surface area contributed by atoms with Crippen molar-refractivity contribution in [3.05, 3.63) is 120 Å². The first kappa shape index (κ1) is 58.8. The largest absolute Gasteiger partial charge is 0.0654 e. The van der Waals surface area contributed by atoms with Crippen LogP contribution in [0.1, 0.15) is 198 Å². The van der Waals surface area contributed by atoms with Gasteiger partial charge < -0.3 is 0 Å². The molecule has 0 aromatic heterocycles. The Balaban J connectivity index is -0.000000274. The topological polar surface area (TPSA) is 0 Å². The summed E-state index contributed by atoms with van der Waals surface area (Å²) in [6.45, 7) is 37.8. The van der Waals surface area contributed by atoms with Gasteiger partial charge in [0.15, 0.2) is 0 Å². The zero-order chi connectivity index (χ0) is 42.7. The maximum absolute atomic E-state index is 2.28. The van der Waals surface area contributed by atoms with Crippen molar-refractivity contribution >= 4 is 10.8 Å². The molecule has 0 aliphatic heterocycles. The van der Waals surface area contributed by atoms with Gasteiger partial charge in [0.25, 0.3) is 0 Å². The molecule has 0 saturated heterocycles. The summed E-state index contributed by atoms with van der Waals surface area (Å²) in [5.74, 6) is 4.20. The predicted molar refractivity (Wildman–Crippen MR) is 260 cm³/mol. The van der Waals surface area contributed by atoms with Crippen LogP contribution in [0.15, 0.2) is 109 Å². The van der Waals surface area contributed by atoms with Gasteiger partial charge in [-0.05, 0) is 52.8 Å². The van der Waals surface area contributed by atoms with Gasteiger partial charge in [-0.2, -0.15) is 0 Å². The molecule has 4 rings (SSSR count). The van der Waals surface area contributed by atoms with E-state index >= 15 is 0 Å². The first-order valence-corrected chi connectivity index (χ1v) is 22.7. The maximum atomic E-state index is 2.28. The van der Waals surface area contributed by atoms with E-state index in [1.807, 2.05) is 24.3 Å². The van der Waals surface area contributed by atoms with Crippen LogP contribution in [0, 0.1) is 30.6 Å². The summed E-state index contributed by atoms with van der Waals surface area (Å²) in [4.78, 5) is 0. The van der Waals surface area contributed by atoms with Crippen LogP contribution in [-0.4, -0.2) is 0 Å². The van der Waals surface area contributed by atoms with Crippen LogP contribution in [0.5, 0.6) is 0 Å². The van der Waals surface area contributed by atoms with Crippen molar-refractivity contribution in [1.29, 1.82) is 0 Å². The second kappa shape index (κ2) is 45.5. The molecular weight excluding hydrogens is 661 g/mol. The van der Waals surface area contributed by atoms with Gasteiger partial charge in [-0.1, -0.05) is 296 Å². The highest BCUT2D eigenvalue weighted by Gasteiger charge is 1.96. The molecule has 0 aliphatic carbocycles. The fraction of sp³-hybridized carbons (Fsp3) is 0.600. The minimum atomic E-state index is 0.659. The number of benzene rings is 4. The predicted octanol–water partition coefficient (Wildman–Crippen LogP) is 19.6. The molecule has 0 radical (unpaired) electrons. The average Bonchev–Trinajstić information content (AvgIpc) is 3.19. The van der Waals surface area contributed by atoms with Gasteiger partial charge in [-0.15, -0.1) is 0 Å². The van der Waals surface area contributed by atoms with Crippen LogP contribution >= 0.6 is 0 Å². The van der Waals surface area contributed by atoms with Crippen molar-refractivity contribution in [2.75, 3.05) is 0 Å². The maximum Gasteiger partial charge on any atom is -0.0184 e.